The fraction of sp³-hybridized carbons (Fsp3) is 0.750. The second kappa shape index (κ2) is 9.42. The number of thioether (sulfide) groups is 2. The summed E-state index contributed by atoms with van der Waals surface area (Å²) in [5, 5.41) is 9.48. The summed E-state index contributed by atoms with van der Waals surface area (Å²) in [6.07, 6.45) is 2.11. The monoisotopic (exact) mass is 326 g/mol. The number of nitrogens with zero attached hydrogens (tertiary/aromatic N) is 2. The summed E-state index contributed by atoms with van der Waals surface area (Å²) in [7, 11) is 0. The Hall–Kier alpha value is -0.600. The zero-order chi connectivity index (χ0) is 15.8. The number of hydrogen-bond donors (Lipinski definition) is 0. The van der Waals surface area contributed by atoms with E-state index in [1.54, 1.807) is 23.5 Å². The van der Waals surface area contributed by atoms with Crippen LogP contribution in [0.25, 0.3) is 0 Å². The molecule has 0 radical (unpaired) electrons. The van der Waals surface area contributed by atoms with Gasteiger partial charge in [-0.2, -0.15) is 5.26 Å². The molecule has 0 aromatic heterocycles. The van der Waals surface area contributed by atoms with E-state index in [1.165, 1.54) is 0 Å². The molecule has 1 rings (SSSR count). The van der Waals surface area contributed by atoms with Crippen molar-refractivity contribution >= 4 is 29.4 Å². The van der Waals surface area contributed by atoms with E-state index >= 15 is 0 Å². The largest absolute Gasteiger partial charge is 0.338 e. The highest BCUT2D eigenvalue weighted by molar-refractivity contribution is 8.22. The smallest absolute Gasteiger partial charge is 0.266 e. The van der Waals surface area contributed by atoms with Crippen molar-refractivity contribution < 1.29 is 4.79 Å². The van der Waals surface area contributed by atoms with Crippen molar-refractivity contribution in [3.63, 3.8) is 0 Å². The third-order valence-electron chi connectivity index (χ3n) is 3.02. The summed E-state index contributed by atoms with van der Waals surface area (Å²) in [6.45, 7) is 10.2. The lowest BCUT2D eigenvalue weighted by atomic mass is 10.3. The van der Waals surface area contributed by atoms with E-state index in [1.807, 2.05) is 4.90 Å². The van der Waals surface area contributed by atoms with E-state index < -0.39 is 0 Å². The van der Waals surface area contributed by atoms with Crippen molar-refractivity contribution in [1.29, 1.82) is 5.26 Å². The normalized spacial score (nSPS) is 14.6. The number of rotatable bonds is 7. The van der Waals surface area contributed by atoms with Gasteiger partial charge in [0.25, 0.3) is 5.91 Å². The van der Waals surface area contributed by atoms with Gasteiger partial charge >= 0.3 is 0 Å². The number of carbonyl (C=O) groups is 1. The summed E-state index contributed by atoms with van der Waals surface area (Å²) in [6, 6.07) is 2.17. The third-order valence-corrected chi connectivity index (χ3v) is 6.32. The molecule has 118 valence electrons. The van der Waals surface area contributed by atoms with E-state index in [9.17, 15) is 10.1 Å². The Kier molecular flexibility index (Phi) is 8.28. The van der Waals surface area contributed by atoms with Crippen molar-refractivity contribution in [2.45, 2.75) is 40.5 Å². The van der Waals surface area contributed by atoms with Crippen LogP contribution in [-0.2, 0) is 4.79 Å². The molecule has 0 atom stereocenters. The average molecular weight is 327 g/mol. The first-order valence-corrected chi connectivity index (χ1v) is 9.62. The molecule has 1 heterocycles. The van der Waals surface area contributed by atoms with Crippen LogP contribution in [0.2, 0.25) is 0 Å². The zero-order valence-electron chi connectivity index (χ0n) is 13.5. The van der Waals surface area contributed by atoms with E-state index in [2.05, 4.69) is 33.8 Å². The van der Waals surface area contributed by atoms with Gasteiger partial charge in [0.15, 0.2) is 0 Å². The maximum atomic E-state index is 12.5. The maximum Gasteiger partial charge on any atom is 0.266 e. The van der Waals surface area contributed by atoms with Gasteiger partial charge in [-0.3, -0.25) is 4.79 Å². The minimum absolute atomic E-state index is 0.0717. The molecule has 0 bridgehead atoms. The molecule has 1 aliphatic rings. The first kappa shape index (κ1) is 18.4. The standard InChI is InChI=1S/C16H26N2OS2/c1-12(2)10-20-16(21-11-13(3)4)14(9-17)15(19)18-7-5-6-8-18/h12-13H,5-8,10-11H2,1-4H3. The Labute approximate surface area is 137 Å². The maximum absolute atomic E-state index is 12.5. The Balaban J connectivity index is 2.90. The Morgan fingerprint density at radius 2 is 1.57 bits per heavy atom. The van der Waals surface area contributed by atoms with Crippen LogP contribution in [0, 0.1) is 23.2 Å². The number of nitriles is 1. The van der Waals surface area contributed by atoms with Gasteiger partial charge in [-0.05, 0) is 24.7 Å². The Morgan fingerprint density at radius 1 is 1.10 bits per heavy atom. The van der Waals surface area contributed by atoms with Crippen LogP contribution in [0.5, 0.6) is 0 Å². The van der Waals surface area contributed by atoms with Crippen LogP contribution in [0.4, 0.5) is 0 Å². The van der Waals surface area contributed by atoms with Crippen LogP contribution >= 0.6 is 23.5 Å². The number of likely N-dealkylation sites (tertiary alicyclic amines) is 1. The molecule has 0 unspecified atom stereocenters. The van der Waals surface area contributed by atoms with Gasteiger partial charge in [0.2, 0.25) is 0 Å². The molecule has 0 N–H and O–H groups in total. The third kappa shape index (κ3) is 6.36. The van der Waals surface area contributed by atoms with Gasteiger partial charge in [-0.1, -0.05) is 27.7 Å². The summed E-state index contributed by atoms with van der Waals surface area (Å²) in [5.74, 6) is 2.91. The molecule has 1 amide bonds. The molecule has 0 aliphatic carbocycles. The predicted molar refractivity (Wildman–Crippen MR) is 93.0 cm³/mol. The highest BCUT2D eigenvalue weighted by Crippen LogP contribution is 2.35. The fourth-order valence-electron chi connectivity index (χ4n) is 1.93. The molecule has 21 heavy (non-hydrogen) atoms. The average Bonchev–Trinajstić information content (AvgIpc) is 2.95. The molecule has 5 heteroatoms. The van der Waals surface area contributed by atoms with Gasteiger partial charge in [0.05, 0.1) is 4.24 Å². The highest BCUT2D eigenvalue weighted by atomic mass is 32.2. The molecular weight excluding hydrogens is 300 g/mol. The SMILES string of the molecule is CC(C)CSC(SCC(C)C)=C(C#N)C(=O)N1CCCC1. The quantitative estimate of drug-likeness (QED) is 0.521. The van der Waals surface area contributed by atoms with Crippen LogP contribution in [0.1, 0.15) is 40.5 Å². The van der Waals surface area contributed by atoms with Crippen LogP contribution in [0.3, 0.4) is 0 Å². The minimum atomic E-state index is -0.0717. The fourth-order valence-corrected chi connectivity index (χ4v) is 4.20. The molecular formula is C16H26N2OS2. The summed E-state index contributed by atoms with van der Waals surface area (Å²) >= 11 is 3.33. The molecule has 1 saturated heterocycles. The molecule has 0 aromatic carbocycles. The lowest BCUT2D eigenvalue weighted by Gasteiger charge is -2.17. The van der Waals surface area contributed by atoms with Gasteiger partial charge in [-0.25, -0.2) is 0 Å². The van der Waals surface area contributed by atoms with E-state index in [0.717, 1.165) is 41.7 Å². The Morgan fingerprint density at radius 3 is 1.95 bits per heavy atom. The first-order valence-electron chi connectivity index (χ1n) is 7.65. The number of hydrogen-bond acceptors (Lipinski definition) is 4. The predicted octanol–water partition coefficient (Wildman–Crippen LogP) is 4.12. The van der Waals surface area contributed by atoms with Gasteiger partial charge in [0, 0.05) is 24.6 Å². The van der Waals surface area contributed by atoms with Gasteiger partial charge in [0.1, 0.15) is 11.6 Å². The topological polar surface area (TPSA) is 44.1 Å². The van der Waals surface area contributed by atoms with Crippen LogP contribution in [-0.4, -0.2) is 35.4 Å². The number of carbonyl (C=O) groups excluding carboxylic acids is 1. The lowest BCUT2D eigenvalue weighted by Crippen LogP contribution is -2.29. The highest BCUT2D eigenvalue weighted by Gasteiger charge is 2.25. The second-order valence-corrected chi connectivity index (χ2v) is 8.50. The van der Waals surface area contributed by atoms with Crippen LogP contribution < -0.4 is 0 Å². The second-order valence-electron chi connectivity index (χ2n) is 6.18. The molecule has 0 saturated carbocycles. The van der Waals surface area contributed by atoms with E-state index in [-0.39, 0.29) is 5.91 Å². The van der Waals surface area contributed by atoms with Gasteiger partial charge in [-0.15, -0.1) is 23.5 Å². The minimum Gasteiger partial charge on any atom is -0.338 e. The molecule has 1 aliphatic heterocycles. The summed E-state index contributed by atoms with van der Waals surface area (Å²) < 4.78 is 0.914. The molecule has 0 spiro atoms. The Bertz CT molecular complexity index is 404. The molecule has 3 nitrogen and oxygen atoms in total. The van der Waals surface area contributed by atoms with Crippen molar-refractivity contribution in [1.82, 2.24) is 4.90 Å². The first-order chi connectivity index (χ1) is 9.95. The van der Waals surface area contributed by atoms with Crippen molar-refractivity contribution in [3.8, 4) is 6.07 Å². The van der Waals surface area contributed by atoms with Crippen molar-refractivity contribution in [3.05, 3.63) is 9.81 Å². The van der Waals surface area contributed by atoms with Crippen molar-refractivity contribution in [2.24, 2.45) is 11.8 Å². The number of amides is 1. The van der Waals surface area contributed by atoms with Gasteiger partial charge < -0.3 is 4.90 Å². The van der Waals surface area contributed by atoms with E-state index in [4.69, 9.17) is 0 Å². The van der Waals surface area contributed by atoms with E-state index in [0.29, 0.717) is 17.4 Å². The lowest BCUT2D eigenvalue weighted by molar-refractivity contribution is -0.125. The summed E-state index contributed by atoms with van der Waals surface area (Å²) in [4.78, 5) is 14.4. The zero-order valence-corrected chi connectivity index (χ0v) is 15.1. The van der Waals surface area contributed by atoms with Crippen molar-refractivity contribution in [2.75, 3.05) is 24.6 Å². The van der Waals surface area contributed by atoms with Crippen LogP contribution in [0.15, 0.2) is 9.81 Å². The summed E-state index contributed by atoms with van der Waals surface area (Å²) in [5.41, 5.74) is 0.355. The molecule has 0 aromatic rings. The molecule has 1 fully saturated rings.